The lowest BCUT2D eigenvalue weighted by molar-refractivity contribution is -0.141. The molecule has 0 aliphatic rings. The maximum Gasteiger partial charge on any atom is 0.307 e. The van der Waals surface area contributed by atoms with Crippen molar-refractivity contribution in [3.05, 3.63) is 59.2 Å². The molecule has 0 heterocycles. The highest BCUT2D eigenvalue weighted by Gasteiger charge is 2.20. The molecule has 2 aromatic rings. The third-order valence-electron chi connectivity index (χ3n) is 4.23. The van der Waals surface area contributed by atoms with Crippen LogP contribution in [-0.4, -0.2) is 33.2 Å². The largest absolute Gasteiger partial charge is 0.493 e. The van der Waals surface area contributed by atoms with E-state index in [4.69, 9.17) is 14.2 Å². The minimum Gasteiger partial charge on any atom is -0.493 e. The second-order valence-electron chi connectivity index (χ2n) is 6.18. The second-order valence-corrected chi connectivity index (χ2v) is 6.18. The summed E-state index contributed by atoms with van der Waals surface area (Å²) in [6.45, 7) is 1.99. The third kappa shape index (κ3) is 5.74. The Labute approximate surface area is 159 Å². The molecule has 0 fully saturated rings. The van der Waals surface area contributed by atoms with Crippen LogP contribution in [0.4, 0.5) is 0 Å². The van der Waals surface area contributed by atoms with Gasteiger partial charge in [-0.25, -0.2) is 0 Å². The summed E-state index contributed by atoms with van der Waals surface area (Å²) in [7, 11) is 4.40. The van der Waals surface area contributed by atoms with E-state index in [1.807, 2.05) is 31.2 Å². The zero-order valence-corrected chi connectivity index (χ0v) is 16.1. The standard InChI is InChI=1S/C21H25NO5/c1-14-5-7-15(8-6-14)11-20(23)22-17(13-21(24)27-4)16-9-10-18(25-2)19(12-16)26-3/h5-10,12,17H,11,13H2,1-4H3,(H,22,23). The molecule has 0 saturated carbocycles. The van der Waals surface area contributed by atoms with Gasteiger partial charge in [0, 0.05) is 0 Å². The van der Waals surface area contributed by atoms with E-state index in [0.717, 1.165) is 16.7 Å². The van der Waals surface area contributed by atoms with Gasteiger partial charge in [0.15, 0.2) is 11.5 Å². The van der Waals surface area contributed by atoms with E-state index < -0.39 is 12.0 Å². The lowest BCUT2D eigenvalue weighted by Crippen LogP contribution is -2.31. The fourth-order valence-electron chi connectivity index (χ4n) is 2.71. The molecule has 0 saturated heterocycles. The van der Waals surface area contributed by atoms with Gasteiger partial charge in [-0.3, -0.25) is 9.59 Å². The molecule has 2 rings (SSSR count). The molecular formula is C21H25NO5. The molecule has 1 unspecified atom stereocenters. The average molecular weight is 371 g/mol. The molecular weight excluding hydrogens is 346 g/mol. The summed E-state index contributed by atoms with van der Waals surface area (Å²) in [5.74, 6) is 0.509. The van der Waals surface area contributed by atoms with Crippen LogP contribution in [0, 0.1) is 6.92 Å². The van der Waals surface area contributed by atoms with Gasteiger partial charge in [-0.1, -0.05) is 35.9 Å². The Bertz CT molecular complexity index is 786. The van der Waals surface area contributed by atoms with Crippen molar-refractivity contribution in [2.24, 2.45) is 0 Å². The predicted octanol–water partition coefficient (Wildman–Crippen LogP) is 2.98. The first-order valence-corrected chi connectivity index (χ1v) is 8.60. The topological polar surface area (TPSA) is 73.9 Å². The van der Waals surface area contributed by atoms with Gasteiger partial charge in [0.05, 0.1) is 40.2 Å². The van der Waals surface area contributed by atoms with Gasteiger partial charge in [-0.15, -0.1) is 0 Å². The van der Waals surface area contributed by atoms with Gasteiger partial charge in [0.25, 0.3) is 0 Å². The number of benzene rings is 2. The highest BCUT2D eigenvalue weighted by Crippen LogP contribution is 2.31. The Hall–Kier alpha value is -3.02. The van der Waals surface area contributed by atoms with Gasteiger partial charge in [-0.05, 0) is 30.2 Å². The minimum atomic E-state index is -0.532. The molecule has 1 N–H and O–H groups in total. The van der Waals surface area contributed by atoms with Crippen LogP contribution in [0.25, 0.3) is 0 Å². The van der Waals surface area contributed by atoms with E-state index in [2.05, 4.69) is 5.32 Å². The summed E-state index contributed by atoms with van der Waals surface area (Å²) in [5.41, 5.74) is 2.77. The Morgan fingerprint density at radius 3 is 2.22 bits per heavy atom. The van der Waals surface area contributed by atoms with Crippen LogP contribution in [-0.2, 0) is 20.7 Å². The van der Waals surface area contributed by atoms with Crippen LogP contribution in [0.5, 0.6) is 11.5 Å². The van der Waals surface area contributed by atoms with E-state index >= 15 is 0 Å². The van der Waals surface area contributed by atoms with Crippen molar-refractivity contribution in [1.82, 2.24) is 5.32 Å². The van der Waals surface area contributed by atoms with Crippen LogP contribution < -0.4 is 14.8 Å². The summed E-state index contributed by atoms with van der Waals surface area (Å²) in [6.07, 6.45) is 0.247. The van der Waals surface area contributed by atoms with Crippen molar-refractivity contribution in [2.45, 2.75) is 25.8 Å². The van der Waals surface area contributed by atoms with Crippen LogP contribution in [0.3, 0.4) is 0 Å². The fraction of sp³-hybridized carbons (Fsp3) is 0.333. The zero-order valence-electron chi connectivity index (χ0n) is 16.1. The predicted molar refractivity (Wildman–Crippen MR) is 102 cm³/mol. The summed E-state index contributed by atoms with van der Waals surface area (Å²) >= 11 is 0. The molecule has 6 nitrogen and oxygen atoms in total. The normalized spacial score (nSPS) is 11.4. The zero-order chi connectivity index (χ0) is 19.8. The number of amides is 1. The Morgan fingerprint density at radius 2 is 1.63 bits per heavy atom. The Morgan fingerprint density at radius 1 is 0.963 bits per heavy atom. The fourth-order valence-corrected chi connectivity index (χ4v) is 2.71. The number of carbonyl (C=O) groups excluding carboxylic acids is 2. The van der Waals surface area contributed by atoms with Gasteiger partial charge >= 0.3 is 5.97 Å². The molecule has 2 aromatic carbocycles. The second kappa shape index (κ2) is 9.62. The summed E-state index contributed by atoms with van der Waals surface area (Å²) in [5, 5.41) is 2.91. The van der Waals surface area contributed by atoms with Crippen molar-refractivity contribution in [3.8, 4) is 11.5 Å². The molecule has 27 heavy (non-hydrogen) atoms. The first kappa shape index (κ1) is 20.3. The number of aryl methyl sites for hydroxylation is 1. The number of esters is 1. The van der Waals surface area contributed by atoms with E-state index in [9.17, 15) is 9.59 Å². The molecule has 0 bridgehead atoms. The van der Waals surface area contributed by atoms with Gasteiger partial charge in [-0.2, -0.15) is 0 Å². The highest BCUT2D eigenvalue weighted by molar-refractivity contribution is 5.80. The number of carbonyl (C=O) groups is 2. The highest BCUT2D eigenvalue weighted by atomic mass is 16.5. The first-order chi connectivity index (χ1) is 13.0. The van der Waals surface area contributed by atoms with E-state index in [1.165, 1.54) is 14.2 Å². The monoisotopic (exact) mass is 371 g/mol. The van der Waals surface area contributed by atoms with Gasteiger partial charge in [0.2, 0.25) is 5.91 Å². The first-order valence-electron chi connectivity index (χ1n) is 8.60. The lowest BCUT2D eigenvalue weighted by Gasteiger charge is -2.20. The number of methoxy groups -OCH3 is 3. The quantitative estimate of drug-likeness (QED) is 0.722. The summed E-state index contributed by atoms with van der Waals surface area (Å²) in [4.78, 5) is 24.3. The SMILES string of the molecule is COC(=O)CC(NC(=O)Cc1ccc(C)cc1)c1ccc(OC)c(OC)c1. The van der Waals surface area contributed by atoms with Gasteiger partial charge in [0.1, 0.15) is 0 Å². The maximum atomic E-state index is 12.5. The number of nitrogens with one attached hydrogen (secondary N) is 1. The van der Waals surface area contributed by atoms with E-state index in [-0.39, 0.29) is 18.7 Å². The van der Waals surface area contributed by atoms with E-state index in [0.29, 0.717) is 11.5 Å². The van der Waals surface area contributed by atoms with Crippen molar-refractivity contribution in [3.63, 3.8) is 0 Å². The minimum absolute atomic E-state index is 0.0195. The molecule has 0 aliphatic heterocycles. The van der Waals surface area contributed by atoms with Gasteiger partial charge < -0.3 is 19.5 Å². The van der Waals surface area contributed by atoms with Crippen LogP contribution in [0.15, 0.2) is 42.5 Å². The Balaban J connectivity index is 2.19. The van der Waals surface area contributed by atoms with E-state index in [1.54, 1.807) is 25.3 Å². The molecule has 0 radical (unpaired) electrons. The smallest absolute Gasteiger partial charge is 0.307 e. The average Bonchev–Trinajstić information content (AvgIpc) is 2.68. The molecule has 6 heteroatoms. The van der Waals surface area contributed by atoms with Crippen molar-refractivity contribution in [2.75, 3.05) is 21.3 Å². The molecule has 0 aliphatic carbocycles. The molecule has 144 valence electrons. The number of ether oxygens (including phenoxy) is 3. The van der Waals surface area contributed by atoms with Crippen LogP contribution >= 0.6 is 0 Å². The number of hydrogen-bond donors (Lipinski definition) is 1. The van der Waals surface area contributed by atoms with Crippen molar-refractivity contribution < 1.29 is 23.8 Å². The summed E-state index contributed by atoms with van der Waals surface area (Å²) in [6, 6.07) is 12.5. The molecule has 0 aromatic heterocycles. The van der Waals surface area contributed by atoms with Crippen molar-refractivity contribution >= 4 is 11.9 Å². The third-order valence-corrected chi connectivity index (χ3v) is 4.23. The molecule has 0 spiro atoms. The molecule has 1 atom stereocenters. The number of rotatable bonds is 8. The van der Waals surface area contributed by atoms with Crippen LogP contribution in [0.2, 0.25) is 0 Å². The van der Waals surface area contributed by atoms with Crippen molar-refractivity contribution in [1.29, 1.82) is 0 Å². The number of hydrogen-bond acceptors (Lipinski definition) is 5. The van der Waals surface area contributed by atoms with Crippen LogP contribution in [0.1, 0.15) is 29.2 Å². The lowest BCUT2D eigenvalue weighted by atomic mass is 10.0. The maximum absolute atomic E-state index is 12.5. The Kier molecular flexibility index (Phi) is 7.23. The molecule has 1 amide bonds. The summed E-state index contributed by atoms with van der Waals surface area (Å²) < 4.78 is 15.3.